The zero-order valence-corrected chi connectivity index (χ0v) is 12.2. The van der Waals surface area contributed by atoms with Gasteiger partial charge in [0, 0.05) is 5.69 Å². The standard InChI is InChI=1S/C17H13F3N2O/c1-23-14-9-7-13(8-10-14)22-16(17(18,19)20)15(11-21)12-5-3-2-4-6-12/h2-10,22H,1H3/b16-15+. The molecule has 23 heavy (non-hydrogen) atoms. The number of methoxy groups -OCH3 is 1. The van der Waals surface area contributed by atoms with Gasteiger partial charge in [0.2, 0.25) is 0 Å². The molecule has 1 N–H and O–H groups in total. The Bertz CT molecular complexity index is 729. The Labute approximate surface area is 131 Å². The predicted molar refractivity (Wildman–Crippen MR) is 81.6 cm³/mol. The van der Waals surface area contributed by atoms with Gasteiger partial charge in [-0.25, -0.2) is 0 Å². The normalized spacial score (nSPS) is 12.1. The Morgan fingerprint density at radius 2 is 1.65 bits per heavy atom. The smallest absolute Gasteiger partial charge is 0.432 e. The van der Waals surface area contributed by atoms with Crippen LogP contribution in [0, 0.1) is 11.3 Å². The van der Waals surface area contributed by atoms with E-state index in [0.717, 1.165) is 0 Å². The Balaban J connectivity index is 2.48. The molecule has 0 bridgehead atoms. The first-order valence-electron chi connectivity index (χ1n) is 6.63. The van der Waals surface area contributed by atoms with Crippen LogP contribution in [0.5, 0.6) is 5.75 Å². The van der Waals surface area contributed by atoms with Crippen LogP contribution in [0.2, 0.25) is 0 Å². The van der Waals surface area contributed by atoms with Crippen molar-refractivity contribution < 1.29 is 17.9 Å². The number of nitrogens with one attached hydrogen (secondary N) is 1. The van der Waals surface area contributed by atoms with Gasteiger partial charge in [-0.05, 0) is 29.8 Å². The summed E-state index contributed by atoms with van der Waals surface area (Å²) >= 11 is 0. The van der Waals surface area contributed by atoms with E-state index in [0.29, 0.717) is 5.75 Å². The maximum absolute atomic E-state index is 13.4. The zero-order valence-electron chi connectivity index (χ0n) is 12.2. The van der Waals surface area contributed by atoms with Gasteiger partial charge in [-0.1, -0.05) is 30.3 Å². The lowest BCUT2D eigenvalue weighted by Crippen LogP contribution is -2.21. The number of ether oxygens (including phenoxy) is 1. The molecule has 3 nitrogen and oxygen atoms in total. The molecule has 0 unspecified atom stereocenters. The van der Waals surface area contributed by atoms with Gasteiger partial charge in [0.25, 0.3) is 0 Å². The molecule has 0 aromatic heterocycles. The van der Waals surface area contributed by atoms with E-state index in [9.17, 15) is 18.4 Å². The maximum atomic E-state index is 13.4. The van der Waals surface area contributed by atoms with Crippen LogP contribution in [0.4, 0.5) is 18.9 Å². The highest BCUT2D eigenvalue weighted by Gasteiger charge is 2.37. The molecule has 0 aliphatic heterocycles. The van der Waals surface area contributed by atoms with E-state index in [-0.39, 0.29) is 11.3 Å². The molecule has 2 rings (SSSR count). The summed E-state index contributed by atoms with van der Waals surface area (Å²) in [6, 6.07) is 15.3. The molecule has 0 spiro atoms. The molecule has 6 heteroatoms. The number of nitriles is 1. The average Bonchev–Trinajstić information content (AvgIpc) is 2.55. The largest absolute Gasteiger partial charge is 0.497 e. The van der Waals surface area contributed by atoms with Gasteiger partial charge < -0.3 is 10.1 Å². The fourth-order valence-corrected chi connectivity index (χ4v) is 1.96. The van der Waals surface area contributed by atoms with Gasteiger partial charge in [-0.2, -0.15) is 18.4 Å². The minimum Gasteiger partial charge on any atom is -0.497 e. The van der Waals surface area contributed by atoms with Crippen molar-refractivity contribution in [2.45, 2.75) is 6.18 Å². The van der Waals surface area contributed by atoms with Crippen LogP contribution < -0.4 is 10.1 Å². The van der Waals surface area contributed by atoms with E-state index in [2.05, 4.69) is 5.32 Å². The lowest BCUT2D eigenvalue weighted by atomic mass is 10.0. The van der Waals surface area contributed by atoms with Crippen molar-refractivity contribution >= 4 is 11.3 Å². The average molecular weight is 318 g/mol. The highest BCUT2D eigenvalue weighted by molar-refractivity contribution is 5.82. The topological polar surface area (TPSA) is 45.0 Å². The number of halogens is 3. The van der Waals surface area contributed by atoms with E-state index in [4.69, 9.17) is 4.74 Å². The molecule has 0 radical (unpaired) electrons. The monoisotopic (exact) mass is 318 g/mol. The van der Waals surface area contributed by atoms with Gasteiger partial charge in [-0.15, -0.1) is 0 Å². The van der Waals surface area contributed by atoms with Crippen molar-refractivity contribution in [1.29, 1.82) is 5.26 Å². The number of anilines is 1. The number of rotatable bonds is 4. The van der Waals surface area contributed by atoms with E-state index >= 15 is 0 Å². The number of hydrogen-bond donors (Lipinski definition) is 1. The number of hydrogen-bond acceptors (Lipinski definition) is 3. The van der Waals surface area contributed by atoms with Gasteiger partial charge in [-0.3, -0.25) is 0 Å². The molecular formula is C17H13F3N2O. The first kappa shape index (κ1) is 16.4. The van der Waals surface area contributed by atoms with Crippen molar-refractivity contribution in [2.75, 3.05) is 12.4 Å². The first-order valence-corrected chi connectivity index (χ1v) is 6.63. The van der Waals surface area contributed by atoms with Gasteiger partial charge in [0.1, 0.15) is 17.5 Å². The summed E-state index contributed by atoms with van der Waals surface area (Å²) in [6.07, 6.45) is -4.69. The summed E-state index contributed by atoms with van der Waals surface area (Å²) in [5, 5.41) is 11.5. The van der Waals surface area contributed by atoms with Crippen LogP contribution >= 0.6 is 0 Å². The third-order valence-electron chi connectivity index (χ3n) is 3.07. The van der Waals surface area contributed by atoms with Gasteiger partial charge >= 0.3 is 6.18 Å². The molecule has 2 aromatic rings. The Kier molecular flexibility index (Phi) is 4.91. The molecule has 0 saturated carbocycles. The van der Waals surface area contributed by atoms with E-state index in [1.165, 1.54) is 43.5 Å². The second-order valence-electron chi connectivity index (χ2n) is 4.58. The molecule has 0 aliphatic carbocycles. The molecular weight excluding hydrogens is 305 g/mol. The molecule has 0 aliphatic rings. The van der Waals surface area contributed by atoms with Gasteiger partial charge in [0.15, 0.2) is 0 Å². The lowest BCUT2D eigenvalue weighted by molar-refractivity contribution is -0.0895. The van der Waals surface area contributed by atoms with E-state index in [1.54, 1.807) is 24.3 Å². The molecule has 118 valence electrons. The fourth-order valence-electron chi connectivity index (χ4n) is 1.96. The Morgan fingerprint density at radius 1 is 1.04 bits per heavy atom. The van der Waals surface area contributed by atoms with Gasteiger partial charge in [0.05, 0.1) is 12.7 Å². The summed E-state index contributed by atoms with van der Waals surface area (Å²) in [5.74, 6) is 0.525. The number of alkyl halides is 3. The summed E-state index contributed by atoms with van der Waals surface area (Å²) in [4.78, 5) is 0. The van der Waals surface area contributed by atoms with Crippen LogP contribution in [0.3, 0.4) is 0 Å². The fraction of sp³-hybridized carbons (Fsp3) is 0.118. The first-order chi connectivity index (χ1) is 11.0. The van der Waals surface area contributed by atoms with E-state index in [1.807, 2.05) is 0 Å². The highest BCUT2D eigenvalue weighted by Crippen LogP contribution is 2.33. The zero-order chi connectivity index (χ0) is 16.9. The predicted octanol–water partition coefficient (Wildman–Crippen LogP) is 4.60. The molecule has 0 saturated heterocycles. The summed E-state index contributed by atoms with van der Waals surface area (Å²) in [5.41, 5.74) is -1.16. The summed E-state index contributed by atoms with van der Waals surface area (Å²) in [7, 11) is 1.46. The Morgan fingerprint density at radius 3 is 2.13 bits per heavy atom. The number of benzene rings is 2. The molecule has 0 fully saturated rings. The van der Waals surface area contributed by atoms with Crippen LogP contribution in [0.25, 0.3) is 5.57 Å². The third-order valence-corrected chi connectivity index (χ3v) is 3.07. The van der Waals surface area contributed by atoms with Crippen molar-refractivity contribution in [1.82, 2.24) is 0 Å². The SMILES string of the molecule is COc1ccc(N/C(=C(\C#N)c2ccccc2)C(F)(F)F)cc1. The lowest BCUT2D eigenvalue weighted by Gasteiger charge is -2.17. The maximum Gasteiger partial charge on any atom is 0.432 e. The molecule has 0 atom stereocenters. The number of allylic oxidation sites excluding steroid dienone is 2. The van der Waals surface area contributed by atoms with Crippen molar-refractivity contribution in [3.63, 3.8) is 0 Å². The second-order valence-corrected chi connectivity index (χ2v) is 4.58. The minimum absolute atomic E-state index is 0.198. The van der Waals surface area contributed by atoms with E-state index < -0.39 is 17.4 Å². The van der Waals surface area contributed by atoms with Crippen LogP contribution in [-0.4, -0.2) is 13.3 Å². The third kappa shape index (κ3) is 4.04. The van der Waals surface area contributed by atoms with Crippen LogP contribution in [0.15, 0.2) is 60.3 Å². The number of nitrogens with zero attached hydrogens (tertiary/aromatic N) is 1. The molecule has 2 aromatic carbocycles. The summed E-state index contributed by atoms with van der Waals surface area (Å²) < 4.78 is 45.1. The van der Waals surface area contributed by atoms with Crippen molar-refractivity contribution in [2.24, 2.45) is 0 Å². The highest BCUT2D eigenvalue weighted by atomic mass is 19.4. The molecule has 0 amide bonds. The van der Waals surface area contributed by atoms with Crippen LogP contribution in [0.1, 0.15) is 5.56 Å². The minimum atomic E-state index is -4.69. The van der Waals surface area contributed by atoms with Crippen molar-refractivity contribution in [3.05, 3.63) is 65.9 Å². The summed E-state index contributed by atoms with van der Waals surface area (Å²) in [6.45, 7) is 0. The second kappa shape index (κ2) is 6.88. The quantitative estimate of drug-likeness (QED) is 0.838. The molecule has 0 heterocycles. The Hall–Kier alpha value is -2.94. The van der Waals surface area contributed by atoms with Crippen LogP contribution in [-0.2, 0) is 0 Å². The van der Waals surface area contributed by atoms with Crippen molar-refractivity contribution in [3.8, 4) is 11.8 Å².